The first kappa shape index (κ1) is 19.4. The Morgan fingerprint density at radius 2 is 1.21 bits per heavy atom. The zero-order valence-electron chi connectivity index (χ0n) is 12.2. The Bertz CT molecular complexity index is 673. The zero-order valence-corrected chi connectivity index (χ0v) is 15.4. The average Bonchev–Trinajstić information content (AvgIpc) is 2.49. The molecule has 0 N–H and O–H groups in total. The topological polar surface area (TPSA) is 3.24 Å². The van der Waals surface area contributed by atoms with Gasteiger partial charge in [0, 0.05) is 30.1 Å². The summed E-state index contributed by atoms with van der Waals surface area (Å²) in [6.07, 6.45) is 0.431. The second-order valence-corrected chi connectivity index (χ2v) is 14.3. The maximum atomic E-state index is 13.5. The third-order valence-electron chi connectivity index (χ3n) is 3.27. The van der Waals surface area contributed by atoms with Crippen LogP contribution >= 0.6 is 33.2 Å². The highest BCUT2D eigenvalue weighted by Gasteiger charge is 2.25. The molecule has 0 radical (unpaired) electrons. The van der Waals surface area contributed by atoms with E-state index in [1.807, 2.05) is 0 Å². The summed E-state index contributed by atoms with van der Waals surface area (Å²) in [5.74, 6) is -4.10. The molecule has 0 aliphatic heterocycles. The molecule has 0 amide bonds. The van der Waals surface area contributed by atoms with E-state index in [0.717, 1.165) is 24.3 Å². The first-order valence-electron chi connectivity index (χ1n) is 6.92. The first-order chi connectivity index (χ1) is 11.2. The van der Waals surface area contributed by atoms with E-state index >= 15 is 0 Å². The molecule has 0 aliphatic carbocycles. The van der Waals surface area contributed by atoms with Crippen LogP contribution in [0.5, 0.6) is 0 Å². The van der Waals surface area contributed by atoms with Gasteiger partial charge in [0.05, 0.1) is 0 Å². The molecule has 9 heteroatoms. The van der Waals surface area contributed by atoms with Crippen LogP contribution in [0, 0.1) is 23.3 Å². The van der Waals surface area contributed by atoms with Crippen molar-refractivity contribution in [3.8, 4) is 0 Å². The molecule has 24 heavy (non-hydrogen) atoms. The number of anilines is 2. The van der Waals surface area contributed by atoms with Gasteiger partial charge >= 0.3 is 6.00 Å². The van der Waals surface area contributed by atoms with Crippen molar-refractivity contribution in [1.29, 1.82) is 0 Å². The molecule has 0 bridgehead atoms. The molecule has 0 aliphatic rings. The Labute approximate surface area is 151 Å². The lowest BCUT2D eigenvalue weighted by Crippen LogP contribution is -2.21. The molecule has 0 saturated heterocycles. The normalized spacial score (nSPS) is 11.6. The molecule has 0 fully saturated rings. The number of nitrogens with zero attached hydrogens (tertiary/aromatic N) is 1. The van der Waals surface area contributed by atoms with Crippen molar-refractivity contribution >= 4 is 50.6 Å². The summed E-state index contributed by atoms with van der Waals surface area (Å²) in [7, 11) is 0. The van der Waals surface area contributed by atoms with Crippen molar-refractivity contribution in [2.75, 3.05) is 11.4 Å². The Kier molecular flexibility index (Phi) is 6.42. The molecule has 0 atom stereocenters. The summed E-state index contributed by atoms with van der Waals surface area (Å²) in [4.78, 5) is 1.51. The number of hydrogen-bond donors (Lipinski definition) is 0. The second kappa shape index (κ2) is 7.95. The average molecular weight is 417 g/mol. The maximum Gasteiger partial charge on any atom is 0.341 e. The fourth-order valence-electron chi connectivity index (χ4n) is 2.15. The molecule has 1 nitrogen and oxygen atoms in total. The highest BCUT2D eigenvalue weighted by Crippen LogP contribution is 2.31. The molecule has 0 unspecified atom stereocenters. The van der Waals surface area contributed by atoms with Gasteiger partial charge < -0.3 is 4.90 Å². The molecule has 130 valence electrons. The highest BCUT2D eigenvalue weighted by atomic mass is 35.8. The lowest BCUT2D eigenvalue weighted by Gasteiger charge is -2.26. The standard InChI is InChI=1S/C15H12Cl3F4NSi/c16-24(17,18)7-1-6-23(10-2-4-12(19)14(21)8-10)11-3-5-13(20)15(22)9-11/h2-5,8-9H,1,6-7H2. The van der Waals surface area contributed by atoms with E-state index < -0.39 is 29.3 Å². The van der Waals surface area contributed by atoms with E-state index in [0.29, 0.717) is 12.5 Å². The summed E-state index contributed by atoms with van der Waals surface area (Å²) >= 11 is 17.5. The molecule has 0 saturated carbocycles. The quantitative estimate of drug-likeness (QED) is 0.298. The van der Waals surface area contributed by atoms with Crippen LogP contribution in [-0.2, 0) is 0 Å². The largest absolute Gasteiger partial charge is 0.341 e. The van der Waals surface area contributed by atoms with E-state index in [1.54, 1.807) is 0 Å². The monoisotopic (exact) mass is 415 g/mol. The van der Waals surface area contributed by atoms with Crippen molar-refractivity contribution in [2.45, 2.75) is 12.5 Å². The Morgan fingerprint density at radius 1 is 0.750 bits per heavy atom. The van der Waals surface area contributed by atoms with E-state index in [-0.39, 0.29) is 17.9 Å². The fraction of sp³-hybridized carbons (Fsp3) is 0.200. The van der Waals surface area contributed by atoms with Crippen molar-refractivity contribution in [3.05, 3.63) is 59.7 Å². The Morgan fingerprint density at radius 3 is 1.58 bits per heavy atom. The minimum atomic E-state index is -2.84. The van der Waals surface area contributed by atoms with E-state index in [1.165, 1.54) is 17.0 Å². The highest BCUT2D eigenvalue weighted by molar-refractivity contribution is 7.64. The minimum absolute atomic E-state index is 0.261. The summed E-state index contributed by atoms with van der Waals surface area (Å²) in [6, 6.07) is 4.04. The van der Waals surface area contributed by atoms with Crippen LogP contribution in [0.4, 0.5) is 28.9 Å². The van der Waals surface area contributed by atoms with E-state index in [9.17, 15) is 17.6 Å². The predicted octanol–water partition coefficient (Wildman–Crippen LogP) is 6.43. The van der Waals surface area contributed by atoms with Crippen LogP contribution in [0.15, 0.2) is 36.4 Å². The van der Waals surface area contributed by atoms with Crippen LogP contribution in [0.25, 0.3) is 0 Å². The van der Waals surface area contributed by atoms with Gasteiger partial charge in [0.15, 0.2) is 23.3 Å². The van der Waals surface area contributed by atoms with Crippen LogP contribution in [0.2, 0.25) is 6.04 Å². The number of halogens is 7. The van der Waals surface area contributed by atoms with Crippen molar-refractivity contribution in [1.82, 2.24) is 0 Å². The van der Waals surface area contributed by atoms with Crippen LogP contribution in [0.1, 0.15) is 6.42 Å². The Balaban J connectivity index is 2.32. The van der Waals surface area contributed by atoms with Gasteiger partial charge in [0.1, 0.15) is 0 Å². The number of hydrogen-bond acceptors (Lipinski definition) is 1. The fourth-order valence-corrected chi connectivity index (χ4v) is 3.91. The van der Waals surface area contributed by atoms with Gasteiger partial charge in [0.2, 0.25) is 0 Å². The van der Waals surface area contributed by atoms with Crippen LogP contribution in [-0.4, -0.2) is 12.5 Å². The molecule has 2 rings (SSSR count). The minimum Gasteiger partial charge on any atom is -0.341 e. The summed E-state index contributed by atoms with van der Waals surface area (Å²) < 4.78 is 53.3. The molecule has 0 aromatic heterocycles. The van der Waals surface area contributed by atoms with Crippen molar-refractivity contribution in [3.63, 3.8) is 0 Å². The summed E-state index contributed by atoms with van der Waals surface area (Å²) in [5.41, 5.74) is 0.566. The molecular weight excluding hydrogens is 405 g/mol. The summed E-state index contributed by atoms with van der Waals surface area (Å²) in [5, 5.41) is 0. The van der Waals surface area contributed by atoms with Gasteiger partial charge in [-0.05, 0) is 36.7 Å². The van der Waals surface area contributed by atoms with Gasteiger partial charge in [0.25, 0.3) is 0 Å². The van der Waals surface area contributed by atoms with Gasteiger partial charge in [-0.2, -0.15) is 0 Å². The van der Waals surface area contributed by atoms with Crippen molar-refractivity contribution < 1.29 is 17.6 Å². The van der Waals surface area contributed by atoms with Crippen LogP contribution in [0.3, 0.4) is 0 Å². The maximum absolute atomic E-state index is 13.5. The lowest BCUT2D eigenvalue weighted by atomic mass is 10.2. The molecule has 0 spiro atoms. The SMILES string of the molecule is Fc1ccc(N(CCC[Si](Cl)(Cl)Cl)c2ccc(F)c(F)c2)cc1F. The number of benzene rings is 2. The molecule has 2 aromatic carbocycles. The molecule has 0 heterocycles. The lowest BCUT2D eigenvalue weighted by molar-refractivity contribution is 0.507. The smallest absolute Gasteiger partial charge is 0.341 e. The molecular formula is C15H12Cl3F4NSi. The van der Waals surface area contributed by atoms with Gasteiger partial charge in [-0.3, -0.25) is 0 Å². The first-order valence-corrected chi connectivity index (χ1v) is 12.2. The molecule has 2 aromatic rings. The zero-order chi connectivity index (χ0) is 17.9. The third-order valence-corrected chi connectivity index (χ3v) is 5.89. The van der Waals surface area contributed by atoms with Crippen LogP contribution < -0.4 is 4.90 Å². The number of rotatable bonds is 6. The van der Waals surface area contributed by atoms with Crippen molar-refractivity contribution in [2.24, 2.45) is 0 Å². The predicted molar refractivity (Wildman–Crippen MR) is 92.5 cm³/mol. The van der Waals surface area contributed by atoms with E-state index in [4.69, 9.17) is 33.2 Å². The van der Waals surface area contributed by atoms with Gasteiger partial charge in [-0.1, -0.05) is 0 Å². The second-order valence-electron chi connectivity index (χ2n) is 5.07. The van der Waals surface area contributed by atoms with Gasteiger partial charge in [-0.25, -0.2) is 17.6 Å². The van der Waals surface area contributed by atoms with E-state index in [2.05, 4.69) is 0 Å². The Hall–Kier alpha value is -0.953. The summed E-state index contributed by atoms with van der Waals surface area (Å²) in [6.45, 7) is 0.261. The third kappa shape index (κ3) is 5.27. The van der Waals surface area contributed by atoms with Gasteiger partial charge in [-0.15, -0.1) is 33.2 Å².